The van der Waals surface area contributed by atoms with E-state index in [4.69, 9.17) is 14.2 Å². The Labute approximate surface area is 119 Å². The Morgan fingerprint density at radius 3 is 2.45 bits per heavy atom. The predicted octanol–water partition coefficient (Wildman–Crippen LogP) is 1.69. The molecule has 6 heteroatoms. The van der Waals surface area contributed by atoms with Gasteiger partial charge in [0.1, 0.15) is 6.61 Å². The lowest BCUT2D eigenvalue weighted by atomic mass is 10.2. The molecule has 0 aromatic heterocycles. The lowest BCUT2D eigenvalue weighted by molar-refractivity contribution is -0.119. The zero-order valence-corrected chi connectivity index (χ0v) is 12.3. The van der Waals surface area contributed by atoms with E-state index in [2.05, 4.69) is 10.6 Å². The van der Waals surface area contributed by atoms with E-state index < -0.39 is 0 Å². The second kappa shape index (κ2) is 8.52. The lowest BCUT2D eigenvalue weighted by Crippen LogP contribution is -2.33. The first-order valence-corrected chi connectivity index (χ1v) is 6.31. The molecule has 6 nitrogen and oxygen atoms in total. The van der Waals surface area contributed by atoms with Crippen LogP contribution in [0.1, 0.15) is 6.92 Å². The predicted molar refractivity (Wildman–Crippen MR) is 77.8 cm³/mol. The van der Waals surface area contributed by atoms with Crippen molar-refractivity contribution in [1.82, 2.24) is 0 Å². The monoisotopic (exact) mass is 282 g/mol. The van der Waals surface area contributed by atoms with E-state index in [-0.39, 0.29) is 24.8 Å². The zero-order chi connectivity index (χ0) is 15.0. The van der Waals surface area contributed by atoms with E-state index in [9.17, 15) is 4.79 Å². The van der Waals surface area contributed by atoms with Gasteiger partial charge in [-0.05, 0) is 25.1 Å². The second-order valence-electron chi connectivity index (χ2n) is 4.33. The minimum atomic E-state index is -0.346. The van der Waals surface area contributed by atoms with Crippen LogP contribution in [0.4, 0.5) is 11.4 Å². The summed E-state index contributed by atoms with van der Waals surface area (Å²) in [4.78, 5) is 11.5. The first-order chi connectivity index (χ1) is 9.60. The summed E-state index contributed by atoms with van der Waals surface area (Å²) < 4.78 is 15.1. The van der Waals surface area contributed by atoms with Crippen molar-refractivity contribution in [3.05, 3.63) is 24.3 Å². The molecule has 0 bridgehead atoms. The number of carbonyl (C=O) groups is 1. The molecule has 0 saturated carbocycles. The van der Waals surface area contributed by atoms with Crippen molar-refractivity contribution < 1.29 is 19.0 Å². The van der Waals surface area contributed by atoms with Gasteiger partial charge >= 0.3 is 0 Å². The van der Waals surface area contributed by atoms with E-state index >= 15 is 0 Å². The van der Waals surface area contributed by atoms with Gasteiger partial charge in [0, 0.05) is 32.7 Å². The number of benzene rings is 1. The molecule has 0 radical (unpaired) electrons. The Hall–Kier alpha value is -1.63. The molecule has 1 aromatic carbocycles. The highest BCUT2D eigenvalue weighted by Gasteiger charge is 2.15. The first-order valence-electron chi connectivity index (χ1n) is 6.31. The van der Waals surface area contributed by atoms with Gasteiger partial charge in [-0.3, -0.25) is 4.79 Å². The Balaban J connectivity index is 2.65. The van der Waals surface area contributed by atoms with E-state index in [0.717, 1.165) is 5.69 Å². The third-order valence-corrected chi connectivity index (χ3v) is 2.69. The summed E-state index contributed by atoms with van der Waals surface area (Å²) >= 11 is 0. The maximum absolute atomic E-state index is 11.5. The molecule has 1 aromatic rings. The molecule has 0 aliphatic rings. The van der Waals surface area contributed by atoms with Gasteiger partial charge < -0.3 is 24.8 Å². The summed E-state index contributed by atoms with van der Waals surface area (Å²) in [6.07, 6.45) is -0.346. The van der Waals surface area contributed by atoms with Crippen molar-refractivity contribution >= 4 is 17.3 Å². The molecule has 112 valence electrons. The average molecular weight is 282 g/mol. The molecule has 1 atom stereocenters. The molecule has 0 spiro atoms. The number of carbonyl (C=O) groups excluding carboxylic acids is 1. The standard InChI is InChI=1S/C14H22N2O4/c1-10(14(19-3)20-4)15-11-6-5-7-12(8-11)16-13(17)9-18-2/h5-8,10,14-15H,9H2,1-4H3,(H,16,17). The van der Waals surface area contributed by atoms with Gasteiger partial charge in [0.15, 0.2) is 6.29 Å². The molecule has 2 N–H and O–H groups in total. The summed E-state index contributed by atoms with van der Waals surface area (Å²) in [5.41, 5.74) is 1.57. The SMILES string of the molecule is COCC(=O)Nc1cccc(NC(C)C(OC)OC)c1. The Kier molecular flexibility index (Phi) is 7.00. The largest absolute Gasteiger partial charge is 0.377 e. The number of hydrogen-bond donors (Lipinski definition) is 2. The number of rotatable bonds is 8. The highest BCUT2D eigenvalue weighted by atomic mass is 16.7. The van der Waals surface area contributed by atoms with Crippen LogP contribution < -0.4 is 10.6 Å². The van der Waals surface area contributed by atoms with Gasteiger partial charge in [0.2, 0.25) is 5.91 Å². The highest BCUT2D eigenvalue weighted by molar-refractivity contribution is 5.92. The topological polar surface area (TPSA) is 68.8 Å². The molecule has 1 unspecified atom stereocenters. The number of amides is 1. The lowest BCUT2D eigenvalue weighted by Gasteiger charge is -2.23. The summed E-state index contributed by atoms with van der Waals surface area (Å²) in [5.74, 6) is -0.190. The summed E-state index contributed by atoms with van der Waals surface area (Å²) in [5, 5.41) is 6.00. The number of anilines is 2. The Morgan fingerprint density at radius 1 is 1.20 bits per heavy atom. The fourth-order valence-corrected chi connectivity index (χ4v) is 1.85. The minimum absolute atomic E-state index is 0.0312. The van der Waals surface area contributed by atoms with Crippen LogP contribution in [-0.2, 0) is 19.0 Å². The van der Waals surface area contributed by atoms with Crippen LogP contribution in [0.2, 0.25) is 0 Å². The van der Waals surface area contributed by atoms with Crippen molar-refractivity contribution in [1.29, 1.82) is 0 Å². The highest BCUT2D eigenvalue weighted by Crippen LogP contribution is 2.17. The average Bonchev–Trinajstić information content (AvgIpc) is 2.40. The zero-order valence-electron chi connectivity index (χ0n) is 12.3. The van der Waals surface area contributed by atoms with Crippen molar-refractivity contribution in [2.45, 2.75) is 19.3 Å². The maximum Gasteiger partial charge on any atom is 0.250 e. The van der Waals surface area contributed by atoms with Crippen molar-refractivity contribution in [2.24, 2.45) is 0 Å². The molecule has 1 amide bonds. The number of nitrogens with one attached hydrogen (secondary N) is 2. The molecular weight excluding hydrogens is 260 g/mol. The molecule has 0 heterocycles. The molecule has 20 heavy (non-hydrogen) atoms. The van der Waals surface area contributed by atoms with Crippen LogP contribution in [-0.4, -0.2) is 46.2 Å². The molecular formula is C14H22N2O4. The molecule has 0 fully saturated rings. The van der Waals surface area contributed by atoms with Crippen molar-refractivity contribution in [2.75, 3.05) is 38.6 Å². The summed E-state index contributed by atoms with van der Waals surface area (Å²) in [6, 6.07) is 7.38. The number of ether oxygens (including phenoxy) is 3. The second-order valence-corrected chi connectivity index (χ2v) is 4.33. The van der Waals surface area contributed by atoms with Gasteiger partial charge in [-0.25, -0.2) is 0 Å². The third kappa shape index (κ3) is 5.16. The van der Waals surface area contributed by atoms with Crippen LogP contribution in [0.3, 0.4) is 0 Å². The van der Waals surface area contributed by atoms with Gasteiger partial charge in [0.25, 0.3) is 0 Å². The molecule has 1 rings (SSSR count). The van der Waals surface area contributed by atoms with Crippen LogP contribution in [0.5, 0.6) is 0 Å². The Bertz CT molecular complexity index is 421. The fourth-order valence-electron chi connectivity index (χ4n) is 1.85. The van der Waals surface area contributed by atoms with E-state index in [1.54, 1.807) is 14.2 Å². The van der Waals surface area contributed by atoms with Crippen LogP contribution in [0.15, 0.2) is 24.3 Å². The maximum atomic E-state index is 11.5. The molecule has 0 aliphatic heterocycles. The minimum Gasteiger partial charge on any atom is -0.377 e. The van der Waals surface area contributed by atoms with E-state index in [1.165, 1.54) is 7.11 Å². The summed E-state index contributed by atoms with van der Waals surface area (Å²) in [7, 11) is 4.66. The van der Waals surface area contributed by atoms with E-state index in [1.807, 2.05) is 31.2 Å². The van der Waals surface area contributed by atoms with Gasteiger partial charge in [-0.2, -0.15) is 0 Å². The summed E-state index contributed by atoms with van der Waals surface area (Å²) in [6.45, 7) is 1.98. The van der Waals surface area contributed by atoms with Gasteiger partial charge in [-0.1, -0.05) is 6.07 Å². The van der Waals surface area contributed by atoms with Crippen LogP contribution in [0, 0.1) is 0 Å². The van der Waals surface area contributed by atoms with Crippen molar-refractivity contribution in [3.8, 4) is 0 Å². The Morgan fingerprint density at radius 2 is 1.85 bits per heavy atom. The smallest absolute Gasteiger partial charge is 0.250 e. The first kappa shape index (κ1) is 16.4. The van der Waals surface area contributed by atoms with Crippen LogP contribution in [0.25, 0.3) is 0 Å². The van der Waals surface area contributed by atoms with E-state index in [0.29, 0.717) is 5.69 Å². The number of hydrogen-bond acceptors (Lipinski definition) is 5. The quantitative estimate of drug-likeness (QED) is 0.710. The normalized spacial score (nSPS) is 12.2. The van der Waals surface area contributed by atoms with Crippen LogP contribution >= 0.6 is 0 Å². The molecule has 0 saturated heterocycles. The fraction of sp³-hybridized carbons (Fsp3) is 0.500. The van der Waals surface area contributed by atoms with Gasteiger partial charge in [-0.15, -0.1) is 0 Å². The van der Waals surface area contributed by atoms with Crippen molar-refractivity contribution in [3.63, 3.8) is 0 Å². The number of methoxy groups -OCH3 is 3. The van der Waals surface area contributed by atoms with Gasteiger partial charge in [0.05, 0.1) is 6.04 Å². The third-order valence-electron chi connectivity index (χ3n) is 2.69. The molecule has 0 aliphatic carbocycles.